The summed E-state index contributed by atoms with van der Waals surface area (Å²) in [6.45, 7) is 0.0601. The normalized spacial score (nSPS) is 26.6. The molecule has 0 radical (unpaired) electrons. The van der Waals surface area contributed by atoms with Gasteiger partial charge in [-0.3, -0.25) is 4.79 Å². The Kier molecular flexibility index (Phi) is 3.40. The van der Waals surface area contributed by atoms with Crippen LogP contribution in [-0.4, -0.2) is 57.6 Å². The summed E-state index contributed by atoms with van der Waals surface area (Å²) in [5.74, 6) is -0.767. The number of carboxylic acid groups (broad SMARTS) is 1. The summed E-state index contributed by atoms with van der Waals surface area (Å²) in [5.41, 5.74) is -2.17. The molecular weight excluding hydrogens is 369 g/mol. The number of carbonyl (C=O) groups excluding carboxylic acids is 2. The van der Waals surface area contributed by atoms with E-state index < -0.39 is 53.5 Å². The van der Waals surface area contributed by atoms with Gasteiger partial charge in [0.05, 0.1) is 35.0 Å². The highest BCUT2D eigenvalue weighted by atomic mass is 19.4. The second-order valence-electron chi connectivity index (χ2n) is 6.54. The van der Waals surface area contributed by atoms with E-state index in [-0.39, 0.29) is 12.2 Å². The maximum absolute atomic E-state index is 13.2. The zero-order chi connectivity index (χ0) is 19.7. The predicted octanol–water partition coefficient (Wildman–Crippen LogP) is 1.85. The minimum absolute atomic E-state index is 0.0601. The monoisotopic (exact) mass is 380 g/mol. The topological polar surface area (TPSA) is 105 Å². The number of hydrogen-bond donors (Lipinski definition) is 1. The van der Waals surface area contributed by atoms with E-state index in [9.17, 15) is 32.7 Å². The fourth-order valence-corrected chi connectivity index (χ4v) is 4.12. The number of piperazine rings is 1. The van der Waals surface area contributed by atoms with Gasteiger partial charge in [0.2, 0.25) is 0 Å². The van der Waals surface area contributed by atoms with Gasteiger partial charge < -0.3 is 14.9 Å². The van der Waals surface area contributed by atoms with E-state index in [1.54, 1.807) is 0 Å². The van der Waals surface area contributed by atoms with Crippen molar-refractivity contribution in [2.24, 2.45) is 0 Å². The molecule has 11 heteroatoms. The minimum Gasteiger partial charge on any atom is -0.465 e. The summed E-state index contributed by atoms with van der Waals surface area (Å²) in [4.78, 5) is 39.7. The van der Waals surface area contributed by atoms with Gasteiger partial charge in [-0.15, -0.1) is 0 Å². The lowest BCUT2D eigenvalue weighted by atomic mass is 10.1. The molecule has 1 aromatic rings. The van der Waals surface area contributed by atoms with Crippen molar-refractivity contribution in [1.29, 1.82) is 5.26 Å². The van der Waals surface area contributed by atoms with Gasteiger partial charge in [0.25, 0.3) is 5.91 Å². The Hall–Kier alpha value is -3.29. The summed E-state index contributed by atoms with van der Waals surface area (Å²) >= 11 is 0. The third-order valence-electron chi connectivity index (χ3n) is 5.20. The van der Waals surface area contributed by atoms with Gasteiger partial charge in [0, 0.05) is 6.54 Å². The molecule has 1 aromatic carbocycles. The Morgan fingerprint density at radius 3 is 2.59 bits per heavy atom. The Morgan fingerprint density at radius 1 is 1.30 bits per heavy atom. The number of likely N-dealkylation sites (tertiary alicyclic amines) is 1. The van der Waals surface area contributed by atoms with Crippen LogP contribution in [0.2, 0.25) is 0 Å². The van der Waals surface area contributed by atoms with Crippen molar-refractivity contribution in [3.63, 3.8) is 0 Å². The van der Waals surface area contributed by atoms with Gasteiger partial charge in [0.15, 0.2) is 0 Å². The van der Waals surface area contributed by atoms with E-state index in [0.717, 1.165) is 17.0 Å². The SMILES string of the molecule is N#Cc1ccc(N2C(=O)[C@@H]3[C@H]4C[C@@H](CN4C(=O)O)N3C2=O)cc1C(F)(F)F. The van der Waals surface area contributed by atoms with Gasteiger partial charge in [-0.1, -0.05) is 0 Å². The van der Waals surface area contributed by atoms with E-state index in [4.69, 9.17) is 5.26 Å². The highest BCUT2D eigenvalue weighted by Gasteiger charge is 2.63. The second kappa shape index (κ2) is 5.35. The number of rotatable bonds is 1. The van der Waals surface area contributed by atoms with Gasteiger partial charge in [-0.2, -0.15) is 18.4 Å². The van der Waals surface area contributed by atoms with Crippen molar-refractivity contribution in [3.8, 4) is 6.07 Å². The fraction of sp³-hybridized carbons (Fsp3) is 0.375. The molecule has 0 unspecified atom stereocenters. The van der Waals surface area contributed by atoms with E-state index in [2.05, 4.69) is 0 Å². The summed E-state index contributed by atoms with van der Waals surface area (Å²) in [6.07, 6.45) is -5.72. The first-order chi connectivity index (χ1) is 12.6. The number of urea groups is 1. The molecule has 1 N–H and O–H groups in total. The van der Waals surface area contributed by atoms with Crippen molar-refractivity contribution in [2.75, 3.05) is 11.4 Å². The third-order valence-corrected chi connectivity index (χ3v) is 5.20. The summed E-state index contributed by atoms with van der Waals surface area (Å²) in [5, 5.41) is 18.1. The maximum atomic E-state index is 13.2. The van der Waals surface area contributed by atoms with Gasteiger partial charge in [-0.25, -0.2) is 14.5 Å². The summed E-state index contributed by atoms with van der Waals surface area (Å²) in [6, 6.07) is 1.00. The summed E-state index contributed by atoms with van der Waals surface area (Å²) < 4.78 is 39.5. The highest BCUT2D eigenvalue weighted by molar-refractivity contribution is 6.22. The standard InChI is InChI=1S/C16H11F3N4O4/c17-16(18,19)10-3-8(2-1-7(10)5-20)23-13(24)12-11-4-9(22(12)14(23)25)6-21(11)15(26)27/h1-3,9,11-12H,4,6H2,(H,26,27)/t9-,11+,12-/m0/s1. The molecule has 0 aliphatic carbocycles. The van der Waals surface area contributed by atoms with Crippen LogP contribution in [0.1, 0.15) is 17.5 Å². The molecular formula is C16H11F3N4O4. The number of anilines is 1. The Balaban J connectivity index is 1.73. The molecule has 2 bridgehead atoms. The lowest BCUT2D eigenvalue weighted by Crippen LogP contribution is -2.54. The van der Waals surface area contributed by atoms with Crippen LogP contribution in [0.15, 0.2) is 18.2 Å². The number of nitrogens with zero attached hydrogens (tertiary/aromatic N) is 4. The quantitative estimate of drug-likeness (QED) is 0.749. The first kappa shape index (κ1) is 17.1. The van der Waals surface area contributed by atoms with Gasteiger partial charge in [-0.05, 0) is 24.6 Å². The number of fused-ring (bicyclic) bond motifs is 5. The molecule has 3 aliphatic rings. The van der Waals surface area contributed by atoms with Crippen LogP contribution in [0.3, 0.4) is 0 Å². The lowest BCUT2D eigenvalue weighted by molar-refractivity contribution is -0.137. The van der Waals surface area contributed by atoms with Crippen LogP contribution >= 0.6 is 0 Å². The van der Waals surface area contributed by atoms with Crippen LogP contribution in [0.5, 0.6) is 0 Å². The molecule has 3 fully saturated rings. The molecule has 27 heavy (non-hydrogen) atoms. The van der Waals surface area contributed by atoms with Crippen molar-refractivity contribution >= 4 is 23.7 Å². The van der Waals surface area contributed by atoms with Gasteiger partial charge in [0.1, 0.15) is 6.04 Å². The van der Waals surface area contributed by atoms with Crippen molar-refractivity contribution < 1.29 is 32.7 Å². The van der Waals surface area contributed by atoms with E-state index in [1.807, 2.05) is 0 Å². The number of carbonyl (C=O) groups is 3. The van der Waals surface area contributed by atoms with Crippen LogP contribution in [-0.2, 0) is 11.0 Å². The van der Waals surface area contributed by atoms with Crippen LogP contribution in [0.4, 0.5) is 28.4 Å². The molecule has 3 aliphatic heterocycles. The number of halogens is 3. The Labute approximate surface area is 150 Å². The molecule has 3 atom stereocenters. The fourth-order valence-electron chi connectivity index (χ4n) is 4.12. The number of amides is 4. The van der Waals surface area contributed by atoms with E-state index in [1.165, 1.54) is 11.0 Å². The molecule has 140 valence electrons. The average Bonchev–Trinajstić information content (AvgIpc) is 3.25. The average molecular weight is 380 g/mol. The Morgan fingerprint density at radius 2 is 2.00 bits per heavy atom. The maximum Gasteiger partial charge on any atom is 0.417 e. The molecule has 3 heterocycles. The predicted molar refractivity (Wildman–Crippen MR) is 81.6 cm³/mol. The number of nitriles is 1. The number of hydrogen-bond acceptors (Lipinski definition) is 4. The Bertz CT molecular complexity index is 925. The first-order valence-corrected chi connectivity index (χ1v) is 7.92. The molecule has 4 rings (SSSR count). The second-order valence-corrected chi connectivity index (χ2v) is 6.54. The van der Waals surface area contributed by atoms with Crippen LogP contribution in [0, 0.1) is 11.3 Å². The van der Waals surface area contributed by atoms with Crippen molar-refractivity contribution in [3.05, 3.63) is 29.3 Å². The number of benzene rings is 1. The molecule has 8 nitrogen and oxygen atoms in total. The van der Waals surface area contributed by atoms with E-state index >= 15 is 0 Å². The van der Waals surface area contributed by atoms with E-state index in [0.29, 0.717) is 17.4 Å². The number of imide groups is 1. The molecule has 4 amide bonds. The van der Waals surface area contributed by atoms with Crippen LogP contribution < -0.4 is 4.90 Å². The van der Waals surface area contributed by atoms with Crippen LogP contribution in [0.25, 0.3) is 0 Å². The third kappa shape index (κ3) is 2.26. The first-order valence-electron chi connectivity index (χ1n) is 7.92. The van der Waals surface area contributed by atoms with Crippen molar-refractivity contribution in [2.45, 2.75) is 30.7 Å². The minimum atomic E-state index is -4.83. The largest absolute Gasteiger partial charge is 0.465 e. The molecule has 0 spiro atoms. The zero-order valence-corrected chi connectivity index (χ0v) is 13.5. The molecule has 0 aromatic heterocycles. The van der Waals surface area contributed by atoms with Crippen molar-refractivity contribution in [1.82, 2.24) is 9.80 Å². The van der Waals surface area contributed by atoms with Gasteiger partial charge >= 0.3 is 18.3 Å². The zero-order valence-electron chi connectivity index (χ0n) is 13.5. The lowest BCUT2D eigenvalue weighted by Gasteiger charge is -2.32. The summed E-state index contributed by atoms with van der Waals surface area (Å²) in [7, 11) is 0. The molecule has 0 saturated carbocycles. The molecule has 3 saturated heterocycles. The smallest absolute Gasteiger partial charge is 0.417 e. The number of alkyl halides is 3. The highest BCUT2D eigenvalue weighted by Crippen LogP contribution is 2.43.